The Kier molecular flexibility index (Phi) is 5.46. The molecule has 2 aromatic carbocycles. The maximum absolute atomic E-state index is 12.8. The third-order valence-electron chi connectivity index (χ3n) is 3.95. The van der Waals surface area contributed by atoms with Crippen LogP contribution in [-0.2, 0) is 4.79 Å². The molecule has 1 aromatic heterocycles. The van der Waals surface area contributed by atoms with Gasteiger partial charge in [0.05, 0.1) is 0 Å². The van der Waals surface area contributed by atoms with Gasteiger partial charge in [-0.3, -0.25) is 10.1 Å². The molecule has 0 spiro atoms. The summed E-state index contributed by atoms with van der Waals surface area (Å²) in [4.78, 5) is 16.9. The zero-order valence-electron chi connectivity index (χ0n) is 14.3. The van der Waals surface area contributed by atoms with Crippen molar-refractivity contribution in [2.75, 3.05) is 10.6 Å². The largest absolute Gasteiger partial charge is 0.370 e. The van der Waals surface area contributed by atoms with Gasteiger partial charge in [-0.05, 0) is 29.2 Å². The van der Waals surface area contributed by atoms with E-state index in [4.69, 9.17) is 0 Å². The first kappa shape index (κ1) is 17.2. The molecule has 1 amide bonds. The molecule has 4 nitrogen and oxygen atoms in total. The number of rotatable bonds is 6. The van der Waals surface area contributed by atoms with Crippen LogP contribution in [0.3, 0.4) is 0 Å². The van der Waals surface area contributed by atoms with Gasteiger partial charge in [-0.25, -0.2) is 4.98 Å². The summed E-state index contributed by atoms with van der Waals surface area (Å²) in [6.07, 6.45) is 1.68. The number of hydrogen-bond donors (Lipinski definition) is 2. The third-order valence-corrected chi connectivity index (χ3v) is 4.63. The van der Waals surface area contributed by atoms with Crippen molar-refractivity contribution in [1.29, 1.82) is 0 Å². The van der Waals surface area contributed by atoms with Crippen molar-refractivity contribution < 1.29 is 4.79 Å². The van der Waals surface area contributed by atoms with E-state index in [9.17, 15) is 4.79 Å². The predicted molar refractivity (Wildman–Crippen MR) is 104 cm³/mol. The Labute approximate surface area is 151 Å². The van der Waals surface area contributed by atoms with Crippen LogP contribution in [-0.4, -0.2) is 10.9 Å². The maximum atomic E-state index is 12.8. The molecule has 5 heteroatoms. The summed E-state index contributed by atoms with van der Waals surface area (Å²) in [5, 5.41) is 8.65. The van der Waals surface area contributed by atoms with E-state index in [-0.39, 0.29) is 5.91 Å². The minimum absolute atomic E-state index is 0.130. The lowest BCUT2D eigenvalue weighted by Gasteiger charge is -2.20. The minimum atomic E-state index is -0.491. The Bertz CT molecular complexity index is 799. The Balaban J connectivity index is 1.82. The van der Waals surface area contributed by atoms with Crippen molar-refractivity contribution in [2.24, 2.45) is 0 Å². The molecule has 0 radical (unpaired) electrons. The Morgan fingerprint density at radius 1 is 1.00 bits per heavy atom. The fourth-order valence-corrected chi connectivity index (χ4v) is 3.07. The fourth-order valence-electron chi connectivity index (χ4n) is 2.54. The molecule has 0 unspecified atom stereocenters. The molecule has 25 heavy (non-hydrogen) atoms. The Morgan fingerprint density at radius 3 is 2.32 bits per heavy atom. The quantitative estimate of drug-likeness (QED) is 0.653. The Morgan fingerprint density at radius 2 is 1.72 bits per heavy atom. The van der Waals surface area contributed by atoms with Gasteiger partial charge in [-0.1, -0.05) is 56.3 Å². The van der Waals surface area contributed by atoms with Crippen molar-refractivity contribution in [3.63, 3.8) is 0 Å². The zero-order chi connectivity index (χ0) is 17.6. The van der Waals surface area contributed by atoms with Crippen LogP contribution >= 0.6 is 11.3 Å². The summed E-state index contributed by atoms with van der Waals surface area (Å²) in [6.45, 7) is 4.33. The molecule has 0 aliphatic heterocycles. The summed E-state index contributed by atoms with van der Waals surface area (Å²) in [7, 11) is 0. The second-order valence-electron chi connectivity index (χ2n) is 6.09. The summed E-state index contributed by atoms with van der Waals surface area (Å²) in [5.74, 6) is 0.348. The number of benzene rings is 2. The second kappa shape index (κ2) is 7.94. The van der Waals surface area contributed by atoms with Crippen LogP contribution in [0, 0.1) is 0 Å². The smallest absolute Gasteiger partial charge is 0.253 e. The molecule has 0 saturated carbocycles. The number of anilines is 2. The highest BCUT2D eigenvalue weighted by Gasteiger charge is 2.21. The molecule has 1 heterocycles. The van der Waals surface area contributed by atoms with Crippen LogP contribution in [0.2, 0.25) is 0 Å². The molecule has 3 rings (SSSR count). The molecular weight excluding hydrogens is 330 g/mol. The molecule has 0 bridgehead atoms. The average molecular weight is 351 g/mol. The molecule has 128 valence electrons. The van der Waals surface area contributed by atoms with Gasteiger partial charge in [0.25, 0.3) is 5.91 Å². The molecular formula is C20H21N3OS. The van der Waals surface area contributed by atoms with Gasteiger partial charge in [0.1, 0.15) is 6.04 Å². The molecule has 0 saturated heterocycles. The topological polar surface area (TPSA) is 54.0 Å². The van der Waals surface area contributed by atoms with Gasteiger partial charge in [0.2, 0.25) is 0 Å². The molecule has 0 aliphatic rings. The van der Waals surface area contributed by atoms with Crippen molar-refractivity contribution in [3.05, 3.63) is 77.3 Å². The van der Waals surface area contributed by atoms with E-state index in [2.05, 4.69) is 41.6 Å². The average Bonchev–Trinajstić information content (AvgIpc) is 3.13. The van der Waals surface area contributed by atoms with E-state index in [1.165, 1.54) is 16.9 Å². The lowest BCUT2D eigenvalue weighted by molar-refractivity contribution is -0.117. The van der Waals surface area contributed by atoms with Gasteiger partial charge in [-0.15, -0.1) is 11.3 Å². The normalized spacial score (nSPS) is 12.0. The van der Waals surface area contributed by atoms with E-state index in [0.717, 1.165) is 11.3 Å². The highest BCUT2D eigenvalue weighted by atomic mass is 32.1. The number of hydrogen-bond acceptors (Lipinski definition) is 4. The first-order valence-corrected chi connectivity index (χ1v) is 9.13. The van der Waals surface area contributed by atoms with Crippen LogP contribution in [0.5, 0.6) is 0 Å². The number of amides is 1. The lowest BCUT2D eigenvalue weighted by Crippen LogP contribution is -2.27. The summed E-state index contributed by atoms with van der Waals surface area (Å²) >= 11 is 1.40. The van der Waals surface area contributed by atoms with Crippen molar-refractivity contribution in [3.8, 4) is 0 Å². The first-order chi connectivity index (χ1) is 12.1. The highest BCUT2D eigenvalue weighted by molar-refractivity contribution is 7.13. The monoisotopic (exact) mass is 351 g/mol. The zero-order valence-corrected chi connectivity index (χ0v) is 15.1. The summed E-state index contributed by atoms with van der Waals surface area (Å²) in [6, 6.07) is 17.4. The highest BCUT2D eigenvalue weighted by Crippen LogP contribution is 2.24. The summed E-state index contributed by atoms with van der Waals surface area (Å²) in [5.41, 5.74) is 3.09. The lowest BCUT2D eigenvalue weighted by atomic mass is 10.0. The Hall–Kier alpha value is -2.66. The van der Waals surface area contributed by atoms with Crippen LogP contribution in [0.25, 0.3) is 0 Å². The van der Waals surface area contributed by atoms with Crippen molar-refractivity contribution >= 4 is 28.1 Å². The van der Waals surface area contributed by atoms with Gasteiger partial charge >= 0.3 is 0 Å². The van der Waals surface area contributed by atoms with E-state index < -0.39 is 6.04 Å². The third kappa shape index (κ3) is 4.45. The van der Waals surface area contributed by atoms with Crippen LogP contribution in [0.15, 0.2) is 66.2 Å². The first-order valence-electron chi connectivity index (χ1n) is 8.25. The van der Waals surface area contributed by atoms with Gasteiger partial charge < -0.3 is 5.32 Å². The maximum Gasteiger partial charge on any atom is 0.253 e. The molecule has 0 fully saturated rings. The predicted octanol–water partition coefficient (Wildman–Crippen LogP) is 5.06. The SMILES string of the molecule is CC(C)c1ccc(N[C@H](C(=O)Nc2nccs2)c2ccccc2)cc1. The molecule has 3 aromatic rings. The number of nitrogens with one attached hydrogen (secondary N) is 2. The van der Waals surface area contributed by atoms with Crippen LogP contribution in [0.1, 0.15) is 36.9 Å². The standard InChI is InChI=1S/C20H21N3OS/c1-14(2)15-8-10-17(11-9-15)22-18(16-6-4-3-5-7-16)19(24)23-20-21-12-13-25-20/h3-14,18,22H,1-2H3,(H,21,23,24)/t18-/m0/s1. The number of nitrogens with zero attached hydrogens (tertiary/aromatic N) is 1. The fraction of sp³-hybridized carbons (Fsp3) is 0.200. The molecule has 0 aliphatic carbocycles. The minimum Gasteiger partial charge on any atom is -0.370 e. The number of aromatic nitrogens is 1. The van der Waals surface area contributed by atoms with E-state index >= 15 is 0 Å². The van der Waals surface area contributed by atoms with Gasteiger partial charge in [0.15, 0.2) is 5.13 Å². The van der Waals surface area contributed by atoms with E-state index in [0.29, 0.717) is 11.0 Å². The van der Waals surface area contributed by atoms with Crippen molar-refractivity contribution in [1.82, 2.24) is 4.98 Å². The number of carbonyl (C=O) groups is 1. The van der Waals surface area contributed by atoms with Crippen LogP contribution in [0.4, 0.5) is 10.8 Å². The molecule has 1 atom stereocenters. The van der Waals surface area contributed by atoms with Crippen molar-refractivity contribution in [2.45, 2.75) is 25.8 Å². The second-order valence-corrected chi connectivity index (χ2v) is 6.99. The van der Waals surface area contributed by atoms with E-state index in [1.807, 2.05) is 47.8 Å². The van der Waals surface area contributed by atoms with E-state index in [1.54, 1.807) is 6.20 Å². The number of thiazole rings is 1. The van der Waals surface area contributed by atoms with Gasteiger partial charge in [0, 0.05) is 17.3 Å². The summed E-state index contributed by atoms with van der Waals surface area (Å²) < 4.78 is 0. The van der Waals surface area contributed by atoms with Crippen LogP contribution < -0.4 is 10.6 Å². The number of carbonyl (C=O) groups excluding carboxylic acids is 1. The molecule has 2 N–H and O–H groups in total. The van der Waals surface area contributed by atoms with Gasteiger partial charge in [-0.2, -0.15) is 0 Å².